The molecule has 7 nitrogen and oxygen atoms in total. The monoisotopic (exact) mass is 318 g/mol. The maximum Gasteiger partial charge on any atom is 0.227 e. The molecule has 7 heteroatoms. The summed E-state index contributed by atoms with van der Waals surface area (Å²) in [6, 6.07) is 1.90. The summed E-state index contributed by atoms with van der Waals surface area (Å²) in [5.41, 5.74) is 6.82. The second kappa shape index (κ2) is 6.16. The van der Waals surface area contributed by atoms with Crippen molar-refractivity contribution in [1.29, 1.82) is 0 Å². The molecule has 0 aliphatic carbocycles. The summed E-state index contributed by atoms with van der Waals surface area (Å²) in [7, 11) is 0. The third kappa shape index (κ3) is 3.44. The molecule has 1 fully saturated rings. The molecular formula is C16H22N4O3. The lowest BCUT2D eigenvalue weighted by molar-refractivity contribution is -0.134. The van der Waals surface area contributed by atoms with E-state index < -0.39 is 0 Å². The maximum absolute atomic E-state index is 12.4. The van der Waals surface area contributed by atoms with Crippen LogP contribution in [0.15, 0.2) is 27.5 Å². The van der Waals surface area contributed by atoms with E-state index in [0.29, 0.717) is 37.6 Å². The van der Waals surface area contributed by atoms with E-state index in [1.165, 1.54) is 0 Å². The zero-order valence-electron chi connectivity index (χ0n) is 13.5. The van der Waals surface area contributed by atoms with Crippen molar-refractivity contribution in [3.63, 3.8) is 0 Å². The van der Waals surface area contributed by atoms with E-state index in [0.717, 1.165) is 12.0 Å². The molecule has 23 heavy (non-hydrogen) atoms. The van der Waals surface area contributed by atoms with Crippen LogP contribution in [0.3, 0.4) is 0 Å². The van der Waals surface area contributed by atoms with Crippen LogP contribution in [-0.4, -0.2) is 40.1 Å². The number of hydrogen-bond donors (Lipinski definition) is 1. The van der Waals surface area contributed by atoms with Crippen LogP contribution in [0.4, 0.5) is 0 Å². The zero-order chi connectivity index (χ0) is 16.4. The van der Waals surface area contributed by atoms with Crippen molar-refractivity contribution in [2.24, 2.45) is 11.1 Å². The summed E-state index contributed by atoms with van der Waals surface area (Å²) >= 11 is 0. The van der Waals surface area contributed by atoms with Crippen molar-refractivity contribution < 1.29 is 13.7 Å². The maximum atomic E-state index is 12.4. The zero-order valence-corrected chi connectivity index (χ0v) is 13.5. The lowest BCUT2D eigenvalue weighted by atomic mass is 9.79. The highest BCUT2D eigenvalue weighted by Crippen LogP contribution is 2.28. The van der Waals surface area contributed by atoms with Gasteiger partial charge in [0.05, 0.1) is 11.8 Å². The average molecular weight is 318 g/mol. The third-order valence-corrected chi connectivity index (χ3v) is 4.47. The molecule has 3 rings (SSSR count). The van der Waals surface area contributed by atoms with Crippen LogP contribution in [0.2, 0.25) is 0 Å². The Morgan fingerprint density at radius 1 is 1.52 bits per heavy atom. The van der Waals surface area contributed by atoms with Crippen LogP contribution >= 0.6 is 0 Å². The number of likely N-dealkylation sites (tertiary alicyclic amines) is 1. The lowest BCUT2D eigenvalue weighted by Gasteiger charge is -2.42. The van der Waals surface area contributed by atoms with Gasteiger partial charge in [-0.05, 0) is 17.9 Å². The molecule has 0 aromatic carbocycles. The van der Waals surface area contributed by atoms with Gasteiger partial charge in [-0.2, -0.15) is 4.98 Å². The largest absolute Gasteiger partial charge is 0.472 e. The van der Waals surface area contributed by atoms with E-state index in [2.05, 4.69) is 24.0 Å². The van der Waals surface area contributed by atoms with Crippen molar-refractivity contribution in [1.82, 2.24) is 15.0 Å². The van der Waals surface area contributed by atoms with Gasteiger partial charge in [-0.3, -0.25) is 4.79 Å². The fourth-order valence-electron chi connectivity index (χ4n) is 2.82. The third-order valence-electron chi connectivity index (χ3n) is 4.47. The molecule has 0 saturated carbocycles. The topological polar surface area (TPSA) is 98.4 Å². The number of amides is 1. The molecular weight excluding hydrogens is 296 g/mol. The lowest BCUT2D eigenvalue weighted by Crippen LogP contribution is -2.54. The van der Waals surface area contributed by atoms with Crippen LogP contribution in [0, 0.1) is 5.41 Å². The average Bonchev–Trinajstić information content (AvgIpc) is 3.17. The number of piperidine rings is 1. The Kier molecular flexibility index (Phi) is 4.21. The number of nitrogens with two attached hydrogens (primary N) is 1. The van der Waals surface area contributed by atoms with E-state index in [1.54, 1.807) is 18.6 Å². The Labute approximate surface area is 134 Å². The van der Waals surface area contributed by atoms with Crippen molar-refractivity contribution >= 4 is 5.91 Å². The first kappa shape index (κ1) is 15.7. The number of furan rings is 1. The van der Waals surface area contributed by atoms with Gasteiger partial charge in [-0.15, -0.1) is 0 Å². The van der Waals surface area contributed by atoms with Crippen molar-refractivity contribution in [2.45, 2.75) is 39.2 Å². The van der Waals surface area contributed by atoms with E-state index in [1.807, 2.05) is 4.90 Å². The molecule has 0 radical (unpaired) electrons. The molecule has 124 valence electrons. The summed E-state index contributed by atoms with van der Waals surface area (Å²) in [6.07, 6.45) is 4.74. The molecule has 1 amide bonds. The standard InChI is InChI=1S/C16H22N4O3/c1-16(2)10-20(7-5-12(16)17)14(21)4-3-13-18-15(19-23-13)11-6-8-22-9-11/h6,8-9,12H,3-5,7,10,17H2,1-2H3. The molecule has 1 aliphatic rings. The SMILES string of the molecule is CC1(C)CN(C(=O)CCc2nc(-c3ccoc3)no2)CCC1N. The van der Waals surface area contributed by atoms with Crippen LogP contribution < -0.4 is 5.73 Å². The van der Waals surface area contributed by atoms with Crippen LogP contribution in [-0.2, 0) is 11.2 Å². The summed E-state index contributed by atoms with van der Waals surface area (Å²) in [6.45, 7) is 5.61. The van der Waals surface area contributed by atoms with E-state index in [9.17, 15) is 4.79 Å². The first-order valence-electron chi connectivity index (χ1n) is 7.84. The van der Waals surface area contributed by atoms with Crippen molar-refractivity contribution in [3.05, 3.63) is 24.5 Å². The number of nitrogens with zero attached hydrogens (tertiary/aromatic N) is 3. The van der Waals surface area contributed by atoms with Gasteiger partial charge < -0.3 is 19.6 Å². The normalized spacial score (nSPS) is 20.7. The summed E-state index contributed by atoms with van der Waals surface area (Å²) in [4.78, 5) is 18.5. The molecule has 2 N–H and O–H groups in total. The molecule has 0 bridgehead atoms. The number of aromatic nitrogens is 2. The Morgan fingerprint density at radius 3 is 3.04 bits per heavy atom. The Balaban J connectivity index is 1.55. The van der Waals surface area contributed by atoms with Gasteiger partial charge in [0.25, 0.3) is 0 Å². The van der Waals surface area contributed by atoms with Gasteiger partial charge >= 0.3 is 0 Å². The fourth-order valence-corrected chi connectivity index (χ4v) is 2.82. The van der Waals surface area contributed by atoms with Gasteiger partial charge in [-0.1, -0.05) is 19.0 Å². The van der Waals surface area contributed by atoms with Crippen LogP contribution in [0.5, 0.6) is 0 Å². The summed E-state index contributed by atoms with van der Waals surface area (Å²) < 4.78 is 10.2. The molecule has 2 aromatic rings. The molecule has 1 saturated heterocycles. The number of rotatable bonds is 4. The highest BCUT2D eigenvalue weighted by atomic mass is 16.5. The Bertz CT molecular complexity index is 663. The highest BCUT2D eigenvalue weighted by molar-refractivity contribution is 5.76. The van der Waals surface area contributed by atoms with Gasteiger partial charge in [0.2, 0.25) is 17.6 Å². The van der Waals surface area contributed by atoms with Gasteiger partial charge in [0.15, 0.2) is 0 Å². The molecule has 2 aromatic heterocycles. The quantitative estimate of drug-likeness (QED) is 0.923. The Morgan fingerprint density at radius 2 is 2.35 bits per heavy atom. The molecule has 0 spiro atoms. The van der Waals surface area contributed by atoms with Gasteiger partial charge in [-0.25, -0.2) is 0 Å². The van der Waals surface area contributed by atoms with Crippen molar-refractivity contribution in [3.8, 4) is 11.4 Å². The molecule has 3 heterocycles. The predicted octanol–water partition coefficient (Wildman–Crippen LogP) is 1.85. The number of carbonyl (C=O) groups excluding carboxylic acids is 1. The van der Waals surface area contributed by atoms with Crippen molar-refractivity contribution in [2.75, 3.05) is 13.1 Å². The minimum Gasteiger partial charge on any atom is -0.472 e. The van der Waals surface area contributed by atoms with E-state index >= 15 is 0 Å². The fraction of sp³-hybridized carbons (Fsp3) is 0.562. The molecule has 1 atom stereocenters. The van der Waals surface area contributed by atoms with Crippen LogP contribution in [0.1, 0.15) is 32.6 Å². The van der Waals surface area contributed by atoms with Gasteiger partial charge in [0, 0.05) is 32.0 Å². The number of hydrogen-bond acceptors (Lipinski definition) is 6. The summed E-state index contributed by atoms with van der Waals surface area (Å²) in [5.74, 6) is 1.04. The Hall–Kier alpha value is -2.15. The predicted molar refractivity (Wildman–Crippen MR) is 83.3 cm³/mol. The molecule has 1 unspecified atom stereocenters. The second-order valence-corrected chi connectivity index (χ2v) is 6.72. The van der Waals surface area contributed by atoms with Crippen LogP contribution in [0.25, 0.3) is 11.4 Å². The van der Waals surface area contributed by atoms with E-state index in [4.69, 9.17) is 14.7 Å². The summed E-state index contributed by atoms with van der Waals surface area (Å²) in [5, 5.41) is 3.89. The molecule has 1 aliphatic heterocycles. The number of aryl methyl sites for hydroxylation is 1. The first-order chi connectivity index (χ1) is 11.0. The second-order valence-electron chi connectivity index (χ2n) is 6.72. The smallest absolute Gasteiger partial charge is 0.227 e. The number of carbonyl (C=O) groups is 1. The van der Waals surface area contributed by atoms with Gasteiger partial charge in [0.1, 0.15) is 6.26 Å². The highest BCUT2D eigenvalue weighted by Gasteiger charge is 2.35. The van der Waals surface area contributed by atoms with E-state index in [-0.39, 0.29) is 17.4 Å². The minimum absolute atomic E-state index is 0.0488. The first-order valence-corrected chi connectivity index (χ1v) is 7.84. The minimum atomic E-state index is -0.0488.